The van der Waals surface area contributed by atoms with Gasteiger partial charge in [0.05, 0.1) is 37.3 Å². The van der Waals surface area contributed by atoms with Gasteiger partial charge in [-0.05, 0) is 24.3 Å². The van der Waals surface area contributed by atoms with Gasteiger partial charge in [-0.1, -0.05) is 23.7 Å². The monoisotopic (exact) mass is 384 g/mol. The smallest absolute Gasteiger partial charge is 0.328 e. The number of carbonyl (C=O) groups excluding carboxylic acids is 1. The topological polar surface area (TPSA) is 37.6 Å². The number of pyridine rings is 1. The molecule has 0 unspecified atom stereocenters. The standard InChI is InChI=1S/C18H17ClF3N3O/c19-16-5-4-14(11-23-16)17(26)25-8-6-24(7-9-25)12-13-2-1-3-15(10-13)18(20,21)22/h1-5,10-11H,6-9,12H2/p+1. The van der Waals surface area contributed by atoms with Gasteiger partial charge in [0.15, 0.2) is 0 Å². The first-order valence-corrected chi connectivity index (χ1v) is 8.61. The van der Waals surface area contributed by atoms with Gasteiger partial charge in [0, 0.05) is 11.8 Å². The number of hydrogen-bond donors (Lipinski definition) is 1. The highest BCUT2D eigenvalue weighted by molar-refractivity contribution is 6.29. The van der Waals surface area contributed by atoms with Crippen molar-refractivity contribution >= 4 is 17.5 Å². The van der Waals surface area contributed by atoms with Crippen LogP contribution < -0.4 is 4.90 Å². The molecule has 0 aliphatic carbocycles. The summed E-state index contributed by atoms with van der Waals surface area (Å²) in [6.45, 7) is 2.98. The van der Waals surface area contributed by atoms with E-state index in [4.69, 9.17) is 11.6 Å². The van der Waals surface area contributed by atoms with Crippen LogP contribution in [0.5, 0.6) is 0 Å². The summed E-state index contributed by atoms with van der Waals surface area (Å²) in [6, 6.07) is 8.63. The van der Waals surface area contributed by atoms with Crippen molar-refractivity contribution in [2.24, 2.45) is 0 Å². The molecule has 1 aliphatic rings. The summed E-state index contributed by atoms with van der Waals surface area (Å²) >= 11 is 5.73. The van der Waals surface area contributed by atoms with Crippen LogP contribution in [0.25, 0.3) is 0 Å². The molecule has 1 saturated heterocycles. The molecule has 1 aliphatic heterocycles. The van der Waals surface area contributed by atoms with Gasteiger partial charge in [-0.2, -0.15) is 13.2 Å². The zero-order valence-corrected chi connectivity index (χ0v) is 14.6. The molecule has 0 saturated carbocycles. The van der Waals surface area contributed by atoms with Crippen LogP contribution in [-0.2, 0) is 12.7 Å². The molecular weight excluding hydrogens is 367 g/mol. The second-order valence-electron chi connectivity index (χ2n) is 6.29. The number of alkyl halides is 3. The first-order chi connectivity index (χ1) is 12.3. The first-order valence-electron chi connectivity index (χ1n) is 8.23. The second-order valence-corrected chi connectivity index (χ2v) is 6.67. The second kappa shape index (κ2) is 7.63. The summed E-state index contributed by atoms with van der Waals surface area (Å²) in [5.74, 6) is -0.104. The van der Waals surface area contributed by atoms with Crippen molar-refractivity contribution in [3.63, 3.8) is 0 Å². The number of nitrogens with zero attached hydrogens (tertiary/aromatic N) is 2. The highest BCUT2D eigenvalue weighted by atomic mass is 35.5. The third-order valence-corrected chi connectivity index (χ3v) is 4.66. The molecule has 0 atom stereocenters. The molecule has 138 valence electrons. The SMILES string of the molecule is O=C(c1ccc(Cl)nc1)N1CC[NH+](Cc2cccc(C(F)(F)F)c2)CC1. The van der Waals surface area contributed by atoms with E-state index in [1.165, 1.54) is 18.3 Å². The van der Waals surface area contributed by atoms with Crippen LogP contribution in [0.1, 0.15) is 21.5 Å². The van der Waals surface area contributed by atoms with E-state index >= 15 is 0 Å². The largest absolute Gasteiger partial charge is 0.416 e. The zero-order chi connectivity index (χ0) is 18.7. The van der Waals surface area contributed by atoms with Crippen LogP contribution >= 0.6 is 11.6 Å². The van der Waals surface area contributed by atoms with E-state index in [0.717, 1.165) is 11.0 Å². The van der Waals surface area contributed by atoms with Crippen molar-refractivity contribution in [2.75, 3.05) is 26.2 Å². The lowest BCUT2D eigenvalue weighted by Gasteiger charge is -2.32. The Morgan fingerprint density at radius 2 is 1.92 bits per heavy atom. The summed E-state index contributed by atoms with van der Waals surface area (Å²) in [5.41, 5.74) is 0.505. The number of hydrogen-bond acceptors (Lipinski definition) is 2. The van der Waals surface area contributed by atoms with Crippen molar-refractivity contribution in [3.05, 3.63) is 64.4 Å². The highest BCUT2D eigenvalue weighted by Crippen LogP contribution is 2.29. The summed E-state index contributed by atoms with van der Waals surface area (Å²) in [5, 5.41) is 0.330. The Morgan fingerprint density at radius 1 is 1.19 bits per heavy atom. The molecular formula is C18H18ClF3N3O+. The van der Waals surface area contributed by atoms with Crippen LogP contribution in [0.15, 0.2) is 42.6 Å². The molecule has 4 nitrogen and oxygen atoms in total. The van der Waals surface area contributed by atoms with Gasteiger partial charge in [0.1, 0.15) is 11.7 Å². The van der Waals surface area contributed by atoms with E-state index in [0.29, 0.717) is 49.0 Å². The van der Waals surface area contributed by atoms with Crippen molar-refractivity contribution in [3.8, 4) is 0 Å². The van der Waals surface area contributed by atoms with Crippen LogP contribution in [0.2, 0.25) is 5.15 Å². The molecule has 8 heteroatoms. The minimum absolute atomic E-state index is 0.104. The molecule has 1 fully saturated rings. The molecule has 1 aromatic heterocycles. The molecule has 1 N–H and O–H groups in total. The molecule has 2 heterocycles. The fourth-order valence-electron chi connectivity index (χ4n) is 3.03. The van der Waals surface area contributed by atoms with E-state index in [9.17, 15) is 18.0 Å². The number of benzene rings is 1. The maximum Gasteiger partial charge on any atom is 0.416 e. The van der Waals surface area contributed by atoms with Crippen molar-refractivity contribution in [1.82, 2.24) is 9.88 Å². The number of amides is 1. The van der Waals surface area contributed by atoms with Crippen LogP contribution in [-0.4, -0.2) is 42.0 Å². The summed E-state index contributed by atoms with van der Waals surface area (Å²) in [7, 11) is 0. The fraction of sp³-hybridized carbons (Fsp3) is 0.333. The Kier molecular flexibility index (Phi) is 5.48. The summed E-state index contributed by atoms with van der Waals surface area (Å²) in [6.07, 6.45) is -2.88. The van der Waals surface area contributed by atoms with Gasteiger partial charge >= 0.3 is 6.18 Å². The molecule has 0 spiro atoms. The van der Waals surface area contributed by atoms with Crippen LogP contribution in [0, 0.1) is 0 Å². The van der Waals surface area contributed by atoms with E-state index < -0.39 is 11.7 Å². The fourth-order valence-corrected chi connectivity index (χ4v) is 3.15. The van der Waals surface area contributed by atoms with Gasteiger partial charge in [-0.15, -0.1) is 0 Å². The minimum Gasteiger partial charge on any atom is -0.328 e. The lowest BCUT2D eigenvalue weighted by Crippen LogP contribution is -3.13. The summed E-state index contributed by atoms with van der Waals surface area (Å²) < 4.78 is 38.4. The van der Waals surface area contributed by atoms with Gasteiger partial charge in [-0.3, -0.25) is 4.79 Å². The molecule has 3 rings (SSSR count). The van der Waals surface area contributed by atoms with Crippen molar-refractivity contribution < 1.29 is 22.9 Å². The predicted octanol–water partition coefficient (Wildman–Crippen LogP) is 2.29. The molecule has 0 radical (unpaired) electrons. The van der Waals surface area contributed by atoms with Gasteiger partial charge in [0.25, 0.3) is 5.91 Å². The molecule has 1 aromatic carbocycles. The quantitative estimate of drug-likeness (QED) is 0.825. The van der Waals surface area contributed by atoms with E-state index in [-0.39, 0.29) is 5.91 Å². The molecule has 26 heavy (non-hydrogen) atoms. The third kappa shape index (κ3) is 4.53. The van der Waals surface area contributed by atoms with E-state index in [1.54, 1.807) is 23.1 Å². The average molecular weight is 385 g/mol. The molecule has 1 amide bonds. The minimum atomic E-state index is -4.33. The number of quaternary nitrogens is 1. The third-order valence-electron chi connectivity index (χ3n) is 4.44. The number of rotatable bonds is 3. The maximum absolute atomic E-state index is 12.8. The zero-order valence-electron chi connectivity index (χ0n) is 13.9. The van der Waals surface area contributed by atoms with E-state index in [1.807, 2.05) is 0 Å². The van der Waals surface area contributed by atoms with E-state index in [2.05, 4.69) is 4.98 Å². The number of piperazine rings is 1. The predicted molar refractivity (Wildman–Crippen MR) is 91.0 cm³/mol. The van der Waals surface area contributed by atoms with Gasteiger partial charge < -0.3 is 9.80 Å². The summed E-state index contributed by atoms with van der Waals surface area (Å²) in [4.78, 5) is 19.2. The lowest BCUT2D eigenvalue weighted by molar-refractivity contribution is -0.917. The van der Waals surface area contributed by atoms with Gasteiger partial charge in [-0.25, -0.2) is 4.98 Å². The Labute approximate surface area is 154 Å². The van der Waals surface area contributed by atoms with Crippen LogP contribution in [0.3, 0.4) is 0 Å². The van der Waals surface area contributed by atoms with Crippen molar-refractivity contribution in [1.29, 1.82) is 0 Å². The average Bonchev–Trinajstić information content (AvgIpc) is 2.62. The normalized spacial score (nSPS) is 15.9. The maximum atomic E-state index is 12.8. The molecule has 0 bridgehead atoms. The number of carbonyl (C=O) groups is 1. The Hall–Kier alpha value is -2.12. The Morgan fingerprint density at radius 3 is 2.54 bits per heavy atom. The van der Waals surface area contributed by atoms with Crippen molar-refractivity contribution in [2.45, 2.75) is 12.7 Å². The highest BCUT2D eigenvalue weighted by Gasteiger charge is 2.31. The van der Waals surface area contributed by atoms with Crippen LogP contribution in [0.4, 0.5) is 13.2 Å². The molecule has 2 aromatic rings. The number of nitrogens with one attached hydrogen (secondary N) is 1. The number of halogens is 4. The Balaban J connectivity index is 1.57. The first kappa shape index (κ1) is 18.7. The number of aromatic nitrogens is 1. The van der Waals surface area contributed by atoms with Gasteiger partial charge in [0.2, 0.25) is 0 Å². The Bertz CT molecular complexity index is 772. The lowest BCUT2D eigenvalue weighted by atomic mass is 10.1.